The number of aromatic nitrogens is 1. The van der Waals surface area contributed by atoms with Crippen LogP contribution in [0.25, 0.3) is 0 Å². The summed E-state index contributed by atoms with van der Waals surface area (Å²) in [5.74, 6) is -1.63. The number of rotatable bonds is 7. The van der Waals surface area contributed by atoms with E-state index in [9.17, 15) is 18.0 Å². The molecule has 2 atom stereocenters. The first-order chi connectivity index (χ1) is 18.0. The second-order valence-electron chi connectivity index (χ2n) is 11.9. The molecule has 2 aromatic rings. The van der Waals surface area contributed by atoms with Gasteiger partial charge in [-0.15, -0.1) is 0 Å². The molecule has 0 fully saturated rings. The van der Waals surface area contributed by atoms with Gasteiger partial charge in [0.25, 0.3) is 11.5 Å². The first-order valence-electron chi connectivity index (χ1n) is 12.6. The molecule has 0 bridgehead atoms. The Hall–Kier alpha value is -2.76. The van der Waals surface area contributed by atoms with Crippen LogP contribution in [0.4, 0.5) is 5.82 Å². The number of fused-ring (bicyclic) bond motifs is 3. The van der Waals surface area contributed by atoms with Gasteiger partial charge in [0, 0.05) is 33.8 Å². The van der Waals surface area contributed by atoms with Crippen molar-refractivity contribution in [2.24, 2.45) is 5.41 Å². The summed E-state index contributed by atoms with van der Waals surface area (Å²) in [5, 5.41) is 2.71. The lowest BCUT2D eigenvalue weighted by Gasteiger charge is -2.34. The number of hydrogen-bond donors (Lipinski definition) is 2. The second kappa shape index (κ2) is 10.0. The number of benzene rings is 1. The number of anilines is 1. The number of nitrogens with zero attached hydrogens (tertiary/aromatic N) is 1. The Bertz CT molecular complexity index is 1480. The van der Waals surface area contributed by atoms with Crippen LogP contribution < -0.4 is 14.8 Å². The van der Waals surface area contributed by atoms with Crippen molar-refractivity contribution in [3.8, 4) is 5.75 Å². The maximum atomic E-state index is 13.8. The van der Waals surface area contributed by atoms with E-state index in [1.807, 2.05) is 34.6 Å². The number of pyridine rings is 1. The number of carbonyl (C=O) groups excluding carboxylic acids is 2. The summed E-state index contributed by atoms with van der Waals surface area (Å²) in [7, 11) is -2.70. The minimum atomic E-state index is -4.14. The highest BCUT2D eigenvalue weighted by atomic mass is 79.9. The van der Waals surface area contributed by atoms with Gasteiger partial charge < -0.3 is 14.8 Å². The highest BCUT2D eigenvalue weighted by Crippen LogP contribution is 2.54. The molecule has 11 heteroatoms. The first-order valence-corrected chi connectivity index (χ1v) is 14.9. The summed E-state index contributed by atoms with van der Waals surface area (Å²) in [6.07, 6.45) is 1.96. The molecule has 1 aliphatic carbocycles. The Morgan fingerprint density at radius 3 is 2.54 bits per heavy atom. The van der Waals surface area contributed by atoms with Crippen molar-refractivity contribution in [2.75, 3.05) is 12.4 Å². The normalized spacial score (nSPS) is 21.0. The van der Waals surface area contributed by atoms with Crippen LogP contribution in [0.1, 0.15) is 64.6 Å². The minimum Gasteiger partial charge on any atom is -0.501 e. The maximum absolute atomic E-state index is 13.8. The van der Waals surface area contributed by atoms with Crippen LogP contribution in [0.3, 0.4) is 0 Å². The highest BCUT2D eigenvalue weighted by Gasteiger charge is 2.62. The molecule has 0 saturated carbocycles. The standard InChI is InChI=1S/C28H34BrN3O6S/c1-16-9-8-10-23(30-16)31-25(34)28-20(13-18(37-7)14-22(28)33)19-11-17(29)12-21(24(19)38-28)39(35,36)32-27(5,6)15-26(2,3)4/h8-12,14,20,32H,13,15H2,1-7H3,(H,30,31,34)/t20-,28-/m1/s1. The molecule has 0 radical (unpaired) electrons. The molecular formula is C28H34BrN3O6S. The Kier molecular flexibility index (Phi) is 7.50. The van der Waals surface area contributed by atoms with Gasteiger partial charge in [0.1, 0.15) is 22.2 Å². The Morgan fingerprint density at radius 1 is 1.23 bits per heavy atom. The minimum absolute atomic E-state index is 0.0336. The van der Waals surface area contributed by atoms with E-state index in [-0.39, 0.29) is 28.3 Å². The van der Waals surface area contributed by atoms with E-state index in [2.05, 4.69) is 31.0 Å². The molecule has 1 aliphatic heterocycles. The molecular weight excluding hydrogens is 586 g/mol. The van der Waals surface area contributed by atoms with Crippen molar-refractivity contribution in [3.63, 3.8) is 0 Å². The number of methoxy groups -OCH3 is 1. The number of allylic oxidation sites excluding steroid dienone is 1. The molecule has 39 heavy (non-hydrogen) atoms. The van der Waals surface area contributed by atoms with E-state index in [0.717, 1.165) is 0 Å². The number of aryl methyl sites for hydroxylation is 1. The lowest BCUT2D eigenvalue weighted by Crippen LogP contribution is -2.57. The van der Waals surface area contributed by atoms with Gasteiger partial charge in [-0.05, 0) is 56.9 Å². The number of halogens is 1. The SMILES string of the molecule is COC1=CC(=O)[C@]2(C(=O)Nc3cccc(C)n3)Oc3c(cc(Br)cc3S(=O)(=O)NC(C)(C)CC(C)(C)C)[C@H]2C1. The number of hydrogen-bond acceptors (Lipinski definition) is 7. The van der Waals surface area contributed by atoms with E-state index in [0.29, 0.717) is 27.9 Å². The predicted molar refractivity (Wildman–Crippen MR) is 151 cm³/mol. The Labute approximate surface area is 237 Å². The van der Waals surface area contributed by atoms with Gasteiger partial charge in [0.2, 0.25) is 15.8 Å². The van der Waals surface area contributed by atoms with Crippen LogP contribution in [-0.2, 0) is 24.3 Å². The van der Waals surface area contributed by atoms with Crippen molar-refractivity contribution in [3.05, 3.63) is 57.9 Å². The van der Waals surface area contributed by atoms with Gasteiger partial charge in [-0.3, -0.25) is 9.59 Å². The molecule has 2 heterocycles. The molecule has 1 aromatic heterocycles. The third-order valence-corrected chi connectivity index (χ3v) is 8.80. The Morgan fingerprint density at radius 2 is 1.92 bits per heavy atom. The smallest absolute Gasteiger partial charge is 0.278 e. The van der Waals surface area contributed by atoms with Gasteiger partial charge in [0.05, 0.1) is 13.0 Å². The van der Waals surface area contributed by atoms with Gasteiger partial charge >= 0.3 is 0 Å². The number of sulfonamides is 1. The molecule has 1 amide bonds. The van der Waals surface area contributed by atoms with Gasteiger partial charge in [0.15, 0.2) is 0 Å². The van der Waals surface area contributed by atoms with Crippen LogP contribution in [-0.4, -0.2) is 43.3 Å². The van der Waals surface area contributed by atoms with Gasteiger partial charge in [-0.2, -0.15) is 0 Å². The molecule has 0 spiro atoms. The predicted octanol–water partition coefficient (Wildman–Crippen LogP) is 5.00. The Balaban J connectivity index is 1.83. The summed E-state index contributed by atoms with van der Waals surface area (Å²) in [6, 6.07) is 8.23. The van der Waals surface area contributed by atoms with Crippen LogP contribution in [0.5, 0.6) is 5.75 Å². The third kappa shape index (κ3) is 5.76. The molecule has 9 nitrogen and oxygen atoms in total. The summed E-state index contributed by atoms with van der Waals surface area (Å²) in [5.41, 5.74) is -1.87. The second-order valence-corrected chi connectivity index (χ2v) is 14.5. The summed E-state index contributed by atoms with van der Waals surface area (Å²) >= 11 is 3.43. The largest absolute Gasteiger partial charge is 0.501 e. The molecule has 2 N–H and O–H groups in total. The number of carbonyl (C=O) groups is 2. The number of ketones is 1. The topological polar surface area (TPSA) is 124 Å². The summed E-state index contributed by atoms with van der Waals surface area (Å²) in [4.78, 5) is 31.6. The zero-order valence-corrected chi connectivity index (χ0v) is 25.5. The average molecular weight is 621 g/mol. The fourth-order valence-corrected chi connectivity index (χ4v) is 7.88. The molecule has 0 unspecified atom stereocenters. The van der Waals surface area contributed by atoms with Gasteiger partial charge in [-0.25, -0.2) is 18.1 Å². The lowest BCUT2D eigenvalue weighted by atomic mass is 9.74. The van der Waals surface area contributed by atoms with Crippen molar-refractivity contribution in [1.82, 2.24) is 9.71 Å². The number of ether oxygens (including phenoxy) is 2. The molecule has 1 aromatic carbocycles. The third-order valence-electron chi connectivity index (χ3n) is 6.64. The van der Waals surface area contributed by atoms with Crippen LogP contribution in [0.2, 0.25) is 0 Å². The first kappa shape index (κ1) is 29.2. The highest BCUT2D eigenvalue weighted by molar-refractivity contribution is 9.10. The molecule has 0 saturated heterocycles. The summed E-state index contributed by atoms with van der Waals surface area (Å²) in [6.45, 7) is 11.5. The van der Waals surface area contributed by atoms with Crippen molar-refractivity contribution >= 4 is 43.5 Å². The van der Waals surface area contributed by atoms with Crippen LogP contribution in [0.15, 0.2) is 51.5 Å². The average Bonchev–Trinajstić information content (AvgIpc) is 3.11. The van der Waals surface area contributed by atoms with E-state index < -0.39 is 38.8 Å². The number of nitrogens with one attached hydrogen (secondary N) is 2. The van der Waals surface area contributed by atoms with Crippen LogP contribution in [0, 0.1) is 12.3 Å². The fraction of sp³-hybridized carbons (Fsp3) is 0.464. The summed E-state index contributed by atoms with van der Waals surface area (Å²) < 4.78 is 42.5. The van der Waals surface area contributed by atoms with E-state index in [1.165, 1.54) is 19.3 Å². The molecule has 210 valence electrons. The van der Waals surface area contributed by atoms with Crippen molar-refractivity contribution in [1.29, 1.82) is 0 Å². The molecule has 2 aliphatic rings. The van der Waals surface area contributed by atoms with Gasteiger partial charge in [-0.1, -0.05) is 42.8 Å². The van der Waals surface area contributed by atoms with Crippen molar-refractivity contribution < 1.29 is 27.5 Å². The molecule has 4 rings (SSSR count). The lowest BCUT2D eigenvalue weighted by molar-refractivity contribution is -0.144. The van der Waals surface area contributed by atoms with E-state index in [4.69, 9.17) is 9.47 Å². The monoisotopic (exact) mass is 619 g/mol. The van der Waals surface area contributed by atoms with E-state index in [1.54, 1.807) is 31.2 Å². The number of amides is 1. The van der Waals surface area contributed by atoms with Crippen LogP contribution >= 0.6 is 15.9 Å². The quantitative estimate of drug-likeness (QED) is 0.418. The maximum Gasteiger partial charge on any atom is 0.278 e. The zero-order valence-electron chi connectivity index (χ0n) is 23.1. The zero-order chi connectivity index (χ0) is 29.0. The van der Waals surface area contributed by atoms with E-state index >= 15 is 0 Å². The van der Waals surface area contributed by atoms with Crippen molar-refractivity contribution in [2.45, 2.75) is 76.3 Å². The fourth-order valence-electron chi connectivity index (χ4n) is 5.66.